The zero-order valence-electron chi connectivity index (χ0n) is 15.7. The van der Waals surface area contributed by atoms with E-state index in [0.29, 0.717) is 16.5 Å². The standard InChI is InChI=1S/C21H22N4O2S/c1-15-7-9-24(10-8-15)19(26)12-25-14-22-11-17(21(25)27)20-23-18(13-28-20)16-5-3-2-4-6-16/h2-6,11,13-15H,7-10,12H2,1H3. The number of hydrogen-bond acceptors (Lipinski definition) is 5. The van der Waals surface area contributed by atoms with Crippen molar-refractivity contribution in [2.45, 2.75) is 26.3 Å². The minimum atomic E-state index is -0.234. The first-order valence-corrected chi connectivity index (χ1v) is 10.3. The highest BCUT2D eigenvalue weighted by Gasteiger charge is 2.21. The highest BCUT2D eigenvalue weighted by Crippen LogP contribution is 2.26. The molecule has 7 heteroatoms. The van der Waals surface area contributed by atoms with Crippen LogP contribution in [0, 0.1) is 5.92 Å². The van der Waals surface area contributed by atoms with Gasteiger partial charge in [0.2, 0.25) is 5.91 Å². The quantitative estimate of drug-likeness (QED) is 0.681. The second-order valence-electron chi connectivity index (χ2n) is 7.21. The maximum atomic E-state index is 12.9. The van der Waals surface area contributed by atoms with Crippen molar-refractivity contribution in [3.8, 4) is 21.8 Å². The van der Waals surface area contributed by atoms with Gasteiger partial charge in [-0.15, -0.1) is 11.3 Å². The van der Waals surface area contributed by atoms with Crippen molar-refractivity contribution in [3.63, 3.8) is 0 Å². The number of carbonyl (C=O) groups is 1. The number of piperidine rings is 1. The number of carbonyl (C=O) groups excluding carboxylic acids is 1. The summed E-state index contributed by atoms with van der Waals surface area (Å²) in [4.78, 5) is 36.1. The minimum absolute atomic E-state index is 0.0188. The van der Waals surface area contributed by atoms with Crippen LogP contribution in [0.2, 0.25) is 0 Å². The van der Waals surface area contributed by atoms with Crippen LogP contribution in [0.1, 0.15) is 19.8 Å². The van der Waals surface area contributed by atoms with Crippen molar-refractivity contribution in [2.75, 3.05) is 13.1 Å². The predicted octanol–water partition coefficient (Wildman–Crippen LogP) is 3.29. The van der Waals surface area contributed by atoms with Crippen molar-refractivity contribution < 1.29 is 4.79 Å². The molecule has 1 aliphatic heterocycles. The average Bonchev–Trinajstić information content (AvgIpc) is 3.21. The van der Waals surface area contributed by atoms with E-state index in [2.05, 4.69) is 16.9 Å². The van der Waals surface area contributed by atoms with Gasteiger partial charge in [0.05, 0.1) is 17.6 Å². The summed E-state index contributed by atoms with van der Waals surface area (Å²) in [6, 6.07) is 9.84. The lowest BCUT2D eigenvalue weighted by Gasteiger charge is -2.30. The first-order chi connectivity index (χ1) is 13.6. The molecule has 0 radical (unpaired) electrons. The summed E-state index contributed by atoms with van der Waals surface area (Å²) in [5.41, 5.74) is 2.02. The van der Waals surface area contributed by atoms with Crippen molar-refractivity contribution in [1.29, 1.82) is 0 Å². The summed E-state index contributed by atoms with van der Waals surface area (Å²) < 4.78 is 1.39. The van der Waals surface area contributed by atoms with E-state index in [0.717, 1.165) is 37.2 Å². The third-order valence-electron chi connectivity index (χ3n) is 5.15. The molecule has 0 aliphatic carbocycles. The number of likely N-dealkylation sites (tertiary alicyclic amines) is 1. The summed E-state index contributed by atoms with van der Waals surface area (Å²) >= 11 is 1.41. The zero-order chi connectivity index (χ0) is 19.5. The molecule has 3 aromatic rings. The van der Waals surface area contributed by atoms with E-state index in [1.165, 1.54) is 28.4 Å². The molecular weight excluding hydrogens is 372 g/mol. The molecule has 3 heterocycles. The van der Waals surface area contributed by atoms with E-state index in [-0.39, 0.29) is 18.0 Å². The monoisotopic (exact) mass is 394 g/mol. The van der Waals surface area contributed by atoms with Gasteiger partial charge in [-0.3, -0.25) is 14.2 Å². The number of thiazole rings is 1. The molecule has 144 valence electrons. The molecule has 1 aliphatic rings. The van der Waals surface area contributed by atoms with Crippen LogP contribution in [-0.4, -0.2) is 38.4 Å². The van der Waals surface area contributed by atoms with Gasteiger partial charge in [-0.2, -0.15) is 0 Å². The highest BCUT2D eigenvalue weighted by atomic mass is 32.1. The first kappa shape index (κ1) is 18.6. The molecule has 0 atom stereocenters. The van der Waals surface area contributed by atoms with E-state index in [1.54, 1.807) is 0 Å². The summed E-state index contributed by atoms with van der Waals surface area (Å²) in [5, 5.41) is 2.55. The van der Waals surface area contributed by atoms with Crippen molar-refractivity contribution >= 4 is 17.2 Å². The van der Waals surface area contributed by atoms with E-state index in [9.17, 15) is 9.59 Å². The van der Waals surface area contributed by atoms with E-state index in [1.807, 2.05) is 40.6 Å². The lowest BCUT2D eigenvalue weighted by Crippen LogP contribution is -2.41. The van der Waals surface area contributed by atoms with Crippen molar-refractivity contribution in [3.05, 3.63) is 58.6 Å². The normalized spacial score (nSPS) is 15.0. The Hall–Kier alpha value is -2.80. The molecule has 0 saturated carbocycles. The average molecular weight is 395 g/mol. The summed E-state index contributed by atoms with van der Waals surface area (Å²) in [7, 11) is 0. The predicted molar refractivity (Wildman–Crippen MR) is 110 cm³/mol. The first-order valence-electron chi connectivity index (χ1n) is 9.45. The maximum absolute atomic E-state index is 12.9. The number of aromatic nitrogens is 3. The summed E-state index contributed by atoms with van der Waals surface area (Å²) in [6.45, 7) is 3.74. The van der Waals surface area contributed by atoms with Gasteiger partial charge in [0.15, 0.2) is 0 Å². The number of nitrogens with zero attached hydrogens (tertiary/aromatic N) is 4. The third-order valence-corrected chi connectivity index (χ3v) is 6.02. The van der Waals surface area contributed by atoms with Crippen LogP contribution in [0.25, 0.3) is 21.8 Å². The Labute approximate surface area is 167 Å². The molecule has 4 rings (SSSR count). The van der Waals surface area contributed by atoms with Gasteiger partial charge in [-0.05, 0) is 18.8 Å². The van der Waals surface area contributed by atoms with Crippen LogP contribution in [0.5, 0.6) is 0 Å². The highest BCUT2D eigenvalue weighted by molar-refractivity contribution is 7.13. The van der Waals surface area contributed by atoms with Gasteiger partial charge in [-0.25, -0.2) is 9.97 Å². The molecule has 2 aromatic heterocycles. The van der Waals surface area contributed by atoms with E-state index < -0.39 is 0 Å². The Morgan fingerprint density at radius 1 is 1.21 bits per heavy atom. The van der Waals surface area contributed by atoms with Gasteiger partial charge in [0.1, 0.15) is 11.6 Å². The van der Waals surface area contributed by atoms with Crippen LogP contribution < -0.4 is 5.56 Å². The molecule has 0 N–H and O–H groups in total. The maximum Gasteiger partial charge on any atom is 0.264 e. The van der Waals surface area contributed by atoms with Crippen LogP contribution in [0.15, 0.2) is 53.0 Å². The van der Waals surface area contributed by atoms with Gasteiger partial charge in [0, 0.05) is 30.2 Å². The molecule has 6 nitrogen and oxygen atoms in total. The second-order valence-corrected chi connectivity index (χ2v) is 8.07. The topological polar surface area (TPSA) is 68.1 Å². The Morgan fingerprint density at radius 2 is 1.96 bits per heavy atom. The van der Waals surface area contributed by atoms with Gasteiger partial charge in [-0.1, -0.05) is 37.3 Å². The van der Waals surface area contributed by atoms with Crippen LogP contribution in [-0.2, 0) is 11.3 Å². The molecule has 1 saturated heterocycles. The Bertz CT molecular complexity index is 1020. The number of hydrogen-bond donors (Lipinski definition) is 0. The van der Waals surface area contributed by atoms with Crippen molar-refractivity contribution in [2.24, 2.45) is 5.92 Å². The van der Waals surface area contributed by atoms with Crippen molar-refractivity contribution in [1.82, 2.24) is 19.4 Å². The largest absolute Gasteiger partial charge is 0.341 e. The fraction of sp³-hybridized carbons (Fsp3) is 0.333. The van der Waals surface area contributed by atoms with Gasteiger partial charge >= 0.3 is 0 Å². The summed E-state index contributed by atoms with van der Waals surface area (Å²) in [5.74, 6) is 0.623. The summed E-state index contributed by atoms with van der Waals surface area (Å²) in [6.07, 6.45) is 4.99. The molecule has 0 unspecified atom stereocenters. The van der Waals surface area contributed by atoms with E-state index in [4.69, 9.17) is 0 Å². The molecule has 0 bridgehead atoms. The zero-order valence-corrected chi connectivity index (χ0v) is 16.6. The molecular formula is C21H22N4O2S. The van der Waals surface area contributed by atoms with E-state index >= 15 is 0 Å². The van der Waals surface area contributed by atoms with Crippen LogP contribution >= 0.6 is 11.3 Å². The smallest absolute Gasteiger partial charge is 0.264 e. The number of benzene rings is 1. The minimum Gasteiger partial charge on any atom is -0.341 e. The lowest BCUT2D eigenvalue weighted by atomic mass is 9.99. The van der Waals surface area contributed by atoms with Gasteiger partial charge < -0.3 is 4.90 Å². The second kappa shape index (κ2) is 8.06. The molecule has 0 spiro atoms. The molecule has 1 amide bonds. The molecule has 1 aromatic carbocycles. The Balaban J connectivity index is 1.55. The number of rotatable bonds is 4. The lowest BCUT2D eigenvalue weighted by molar-refractivity contribution is -0.133. The fourth-order valence-electron chi connectivity index (χ4n) is 3.35. The SMILES string of the molecule is CC1CCN(C(=O)Cn2cncc(-c3nc(-c4ccccc4)cs3)c2=O)CC1. The van der Waals surface area contributed by atoms with Gasteiger partial charge in [0.25, 0.3) is 5.56 Å². The molecule has 1 fully saturated rings. The number of amides is 1. The Morgan fingerprint density at radius 3 is 2.71 bits per heavy atom. The molecule has 28 heavy (non-hydrogen) atoms. The Kier molecular flexibility index (Phi) is 5.34. The third kappa shape index (κ3) is 3.89. The fourth-order valence-corrected chi connectivity index (χ4v) is 4.18. The van der Waals surface area contributed by atoms with Crippen LogP contribution in [0.4, 0.5) is 0 Å². The van der Waals surface area contributed by atoms with Crippen LogP contribution in [0.3, 0.4) is 0 Å².